The van der Waals surface area contributed by atoms with Gasteiger partial charge in [0.1, 0.15) is 18.2 Å². The Bertz CT molecular complexity index is 1210. The first-order chi connectivity index (χ1) is 18.3. The van der Waals surface area contributed by atoms with Crippen molar-refractivity contribution >= 4 is 12.0 Å². The molecule has 0 bridgehead atoms. The molecule has 5 nitrogen and oxygen atoms in total. The van der Waals surface area contributed by atoms with Gasteiger partial charge in [-0.2, -0.15) is 0 Å². The molecule has 1 fully saturated rings. The number of hydrogen-bond donors (Lipinski definition) is 1. The van der Waals surface area contributed by atoms with Gasteiger partial charge >= 0.3 is 0 Å². The Morgan fingerprint density at radius 1 is 1.05 bits per heavy atom. The van der Waals surface area contributed by atoms with Crippen molar-refractivity contribution in [2.24, 2.45) is 5.92 Å². The fourth-order valence-corrected chi connectivity index (χ4v) is 5.74. The molecule has 0 amide bonds. The summed E-state index contributed by atoms with van der Waals surface area (Å²) in [5.41, 5.74) is 4.58. The SMILES string of the molecule is COc1cc(-c2ccc(COc3cccc(C(CSO)C4CC4)c3)cc2CN(C(C)C)C(C)C)c(F)cn1. The van der Waals surface area contributed by atoms with Gasteiger partial charge in [-0.3, -0.25) is 4.90 Å². The largest absolute Gasteiger partial charge is 0.489 e. The lowest BCUT2D eigenvalue weighted by molar-refractivity contribution is 0.166. The Hall–Kier alpha value is -2.61. The molecule has 7 heteroatoms. The van der Waals surface area contributed by atoms with Crippen molar-refractivity contribution in [3.63, 3.8) is 0 Å². The van der Waals surface area contributed by atoms with Gasteiger partial charge in [0.25, 0.3) is 0 Å². The molecule has 1 atom stereocenters. The maximum absolute atomic E-state index is 14.9. The first kappa shape index (κ1) is 28.4. The second-order valence-electron chi connectivity index (χ2n) is 10.7. The van der Waals surface area contributed by atoms with Crippen molar-refractivity contribution in [1.82, 2.24) is 9.88 Å². The molecule has 4 rings (SSSR count). The van der Waals surface area contributed by atoms with Gasteiger partial charge in [-0.15, -0.1) is 0 Å². The van der Waals surface area contributed by atoms with E-state index in [4.69, 9.17) is 9.47 Å². The fraction of sp³-hybridized carbons (Fsp3) is 0.452. The quantitative estimate of drug-likeness (QED) is 0.224. The molecule has 1 aromatic heterocycles. The normalized spacial score (nSPS) is 14.4. The highest BCUT2D eigenvalue weighted by atomic mass is 32.2. The van der Waals surface area contributed by atoms with E-state index in [2.05, 4.69) is 55.8 Å². The lowest BCUT2D eigenvalue weighted by Crippen LogP contribution is -2.36. The van der Waals surface area contributed by atoms with Crippen molar-refractivity contribution < 1.29 is 18.4 Å². The number of benzene rings is 2. The molecule has 1 aliphatic carbocycles. The van der Waals surface area contributed by atoms with Gasteiger partial charge in [-0.25, -0.2) is 9.37 Å². The Morgan fingerprint density at radius 2 is 1.82 bits per heavy atom. The van der Waals surface area contributed by atoms with E-state index in [-0.39, 0.29) is 5.82 Å². The highest BCUT2D eigenvalue weighted by molar-refractivity contribution is 7.93. The van der Waals surface area contributed by atoms with Crippen molar-refractivity contribution in [3.8, 4) is 22.8 Å². The van der Waals surface area contributed by atoms with E-state index in [9.17, 15) is 8.94 Å². The minimum atomic E-state index is -0.375. The summed E-state index contributed by atoms with van der Waals surface area (Å²) >= 11 is 0.919. The second-order valence-corrected chi connectivity index (χ2v) is 11.3. The van der Waals surface area contributed by atoms with Gasteiger partial charge in [0, 0.05) is 36.0 Å². The molecule has 204 valence electrons. The maximum Gasteiger partial charge on any atom is 0.213 e. The van der Waals surface area contributed by atoms with Crippen LogP contribution in [0.2, 0.25) is 0 Å². The highest BCUT2D eigenvalue weighted by Gasteiger charge is 2.32. The van der Waals surface area contributed by atoms with Crippen LogP contribution in [-0.4, -0.2) is 39.4 Å². The topological polar surface area (TPSA) is 54.8 Å². The third kappa shape index (κ3) is 7.07. The van der Waals surface area contributed by atoms with Gasteiger partial charge < -0.3 is 14.0 Å². The summed E-state index contributed by atoms with van der Waals surface area (Å²) in [6.45, 7) is 9.81. The third-order valence-corrected chi connectivity index (χ3v) is 7.82. The maximum atomic E-state index is 14.9. The molecule has 0 aliphatic heterocycles. The molecule has 3 aromatic rings. The number of hydrogen-bond acceptors (Lipinski definition) is 6. The number of pyridine rings is 1. The Kier molecular flexibility index (Phi) is 9.69. The van der Waals surface area contributed by atoms with Crippen LogP contribution in [-0.2, 0) is 13.2 Å². The van der Waals surface area contributed by atoms with Crippen LogP contribution in [0.1, 0.15) is 63.1 Å². The molecule has 0 spiro atoms. The number of aromatic nitrogens is 1. The first-order valence-electron chi connectivity index (χ1n) is 13.4. The van der Waals surface area contributed by atoms with Crippen LogP contribution >= 0.6 is 12.0 Å². The molecular formula is C31H39FN2O3S. The minimum Gasteiger partial charge on any atom is -0.489 e. The van der Waals surface area contributed by atoms with Gasteiger partial charge in [-0.1, -0.05) is 30.3 Å². The summed E-state index contributed by atoms with van der Waals surface area (Å²) in [7, 11) is 1.54. The van der Waals surface area contributed by atoms with Crippen LogP contribution < -0.4 is 9.47 Å². The summed E-state index contributed by atoms with van der Waals surface area (Å²) in [6, 6.07) is 16.7. The summed E-state index contributed by atoms with van der Waals surface area (Å²) < 4.78 is 35.9. The summed E-state index contributed by atoms with van der Waals surface area (Å²) in [4.78, 5) is 6.40. The van der Waals surface area contributed by atoms with Crippen LogP contribution in [0.4, 0.5) is 4.39 Å². The molecule has 1 heterocycles. The molecule has 1 saturated carbocycles. The van der Waals surface area contributed by atoms with Crippen molar-refractivity contribution in [2.45, 2.75) is 71.7 Å². The van der Waals surface area contributed by atoms with E-state index < -0.39 is 0 Å². The zero-order chi connectivity index (χ0) is 27.2. The van der Waals surface area contributed by atoms with E-state index in [1.54, 1.807) is 6.07 Å². The predicted octanol–water partition coefficient (Wildman–Crippen LogP) is 7.79. The Labute approximate surface area is 230 Å². The molecule has 0 saturated heterocycles. The van der Waals surface area contributed by atoms with Gasteiger partial charge in [0.2, 0.25) is 5.88 Å². The summed E-state index contributed by atoms with van der Waals surface area (Å²) in [5, 5.41) is 0. The first-order valence-corrected chi connectivity index (χ1v) is 14.3. The number of nitrogens with zero attached hydrogens (tertiary/aromatic N) is 2. The molecular weight excluding hydrogens is 499 g/mol. The third-order valence-electron chi connectivity index (χ3n) is 7.32. The van der Waals surface area contributed by atoms with Crippen LogP contribution in [0.5, 0.6) is 11.6 Å². The molecule has 1 N–H and O–H groups in total. The molecule has 0 radical (unpaired) electrons. The second kappa shape index (κ2) is 13.0. The van der Waals surface area contributed by atoms with E-state index in [0.29, 0.717) is 54.3 Å². The van der Waals surface area contributed by atoms with Crippen LogP contribution in [0, 0.1) is 11.7 Å². The van der Waals surface area contributed by atoms with Crippen LogP contribution in [0.3, 0.4) is 0 Å². The smallest absolute Gasteiger partial charge is 0.213 e. The summed E-state index contributed by atoms with van der Waals surface area (Å²) in [5.74, 6) is 2.53. The lowest BCUT2D eigenvalue weighted by Gasteiger charge is -2.31. The Balaban J connectivity index is 1.61. The van der Waals surface area contributed by atoms with Crippen molar-refractivity contribution in [2.75, 3.05) is 12.9 Å². The van der Waals surface area contributed by atoms with Gasteiger partial charge in [0.05, 0.1) is 13.3 Å². The van der Waals surface area contributed by atoms with E-state index >= 15 is 0 Å². The van der Waals surface area contributed by atoms with Crippen molar-refractivity contribution in [1.29, 1.82) is 0 Å². The highest BCUT2D eigenvalue weighted by Crippen LogP contribution is 2.44. The van der Waals surface area contributed by atoms with E-state index in [0.717, 1.165) is 34.5 Å². The predicted molar refractivity (Wildman–Crippen MR) is 153 cm³/mol. The monoisotopic (exact) mass is 538 g/mol. The average Bonchev–Trinajstić information content (AvgIpc) is 3.75. The van der Waals surface area contributed by atoms with Crippen molar-refractivity contribution in [3.05, 3.63) is 77.2 Å². The molecule has 38 heavy (non-hydrogen) atoms. The van der Waals surface area contributed by atoms with Gasteiger partial charge in [0.15, 0.2) is 0 Å². The fourth-order valence-electron chi connectivity index (χ4n) is 5.11. The van der Waals surface area contributed by atoms with E-state index in [1.165, 1.54) is 31.7 Å². The van der Waals surface area contributed by atoms with Crippen LogP contribution in [0.25, 0.3) is 11.1 Å². The Morgan fingerprint density at radius 3 is 2.47 bits per heavy atom. The lowest BCUT2D eigenvalue weighted by atomic mass is 9.96. The number of halogens is 1. The van der Waals surface area contributed by atoms with Crippen LogP contribution in [0.15, 0.2) is 54.7 Å². The molecule has 2 aromatic carbocycles. The number of ether oxygens (including phenoxy) is 2. The zero-order valence-electron chi connectivity index (χ0n) is 23.0. The van der Waals surface area contributed by atoms with E-state index in [1.807, 2.05) is 24.3 Å². The number of rotatable bonds is 13. The molecule has 1 aliphatic rings. The van der Waals surface area contributed by atoms with Gasteiger partial charge in [-0.05, 0) is 98.8 Å². The zero-order valence-corrected chi connectivity index (χ0v) is 23.8. The standard InChI is InChI=1S/C31H39FN2O3S/c1-20(2)34(21(3)4)17-25-13-22(9-12-27(25)28-15-31(36-5)33-16-30(28)32)18-37-26-8-6-7-24(14-26)29(19-38-35)23-10-11-23/h6-9,12-16,20-21,23,29,35H,10-11,17-19H2,1-5H3. The number of methoxy groups -OCH3 is 1. The minimum absolute atomic E-state index is 0.332. The average molecular weight is 539 g/mol. The summed E-state index contributed by atoms with van der Waals surface area (Å²) in [6.07, 6.45) is 3.66. The molecule has 1 unspecified atom stereocenters.